The van der Waals surface area contributed by atoms with Crippen LogP contribution >= 0.6 is 0 Å². The summed E-state index contributed by atoms with van der Waals surface area (Å²) in [6.07, 6.45) is 5.02. The number of hydrogen-bond acceptors (Lipinski definition) is 3. The molecule has 0 radical (unpaired) electrons. The fourth-order valence-corrected chi connectivity index (χ4v) is 2.25. The van der Waals surface area contributed by atoms with Crippen LogP contribution in [-0.4, -0.2) is 31.8 Å². The van der Waals surface area contributed by atoms with Gasteiger partial charge >= 0.3 is 0 Å². The maximum absolute atomic E-state index is 5.91. The smallest absolute Gasteiger partial charge is 0.0572 e. The normalized spacial score (nSPS) is 32.2. The van der Waals surface area contributed by atoms with Gasteiger partial charge in [0.2, 0.25) is 0 Å². The summed E-state index contributed by atoms with van der Waals surface area (Å²) < 4.78 is 5.39. The van der Waals surface area contributed by atoms with E-state index in [1.165, 1.54) is 0 Å². The van der Waals surface area contributed by atoms with Crippen molar-refractivity contribution < 1.29 is 4.74 Å². The van der Waals surface area contributed by atoms with Gasteiger partial charge in [-0.25, -0.2) is 0 Å². The zero-order chi connectivity index (χ0) is 11.3. The van der Waals surface area contributed by atoms with E-state index in [0.29, 0.717) is 12.0 Å². The number of nitrogens with two attached hydrogens (primary N) is 1. The van der Waals surface area contributed by atoms with Gasteiger partial charge in [-0.3, -0.25) is 0 Å². The van der Waals surface area contributed by atoms with E-state index >= 15 is 0 Å². The summed E-state index contributed by atoms with van der Waals surface area (Å²) in [7, 11) is 1.81. The van der Waals surface area contributed by atoms with E-state index in [0.717, 1.165) is 38.8 Å². The predicted molar refractivity (Wildman–Crippen MR) is 63.9 cm³/mol. The van der Waals surface area contributed by atoms with E-state index in [1.807, 2.05) is 7.11 Å². The first-order valence-electron chi connectivity index (χ1n) is 6.10. The minimum atomic E-state index is 0.180. The van der Waals surface area contributed by atoms with Crippen molar-refractivity contribution in [1.82, 2.24) is 5.32 Å². The van der Waals surface area contributed by atoms with E-state index in [-0.39, 0.29) is 5.54 Å². The highest BCUT2D eigenvalue weighted by Gasteiger charge is 2.33. The van der Waals surface area contributed by atoms with Crippen LogP contribution in [0.1, 0.15) is 39.5 Å². The van der Waals surface area contributed by atoms with Gasteiger partial charge in [-0.1, -0.05) is 13.8 Å². The van der Waals surface area contributed by atoms with Crippen molar-refractivity contribution >= 4 is 0 Å². The van der Waals surface area contributed by atoms with Crippen LogP contribution in [0.15, 0.2) is 0 Å². The van der Waals surface area contributed by atoms with Gasteiger partial charge in [0, 0.05) is 19.2 Å². The molecular weight excluding hydrogens is 188 g/mol. The fraction of sp³-hybridized carbons (Fsp3) is 1.00. The molecule has 90 valence electrons. The molecular formula is C12H26N2O. The number of nitrogens with one attached hydrogen (secondary N) is 1. The molecule has 0 atom stereocenters. The monoisotopic (exact) mass is 214 g/mol. The summed E-state index contributed by atoms with van der Waals surface area (Å²) >= 11 is 0. The molecule has 0 amide bonds. The molecule has 0 aromatic carbocycles. The van der Waals surface area contributed by atoms with E-state index in [9.17, 15) is 0 Å². The first-order chi connectivity index (χ1) is 7.12. The molecule has 1 aliphatic carbocycles. The molecule has 1 fully saturated rings. The maximum atomic E-state index is 5.91. The lowest BCUT2D eigenvalue weighted by molar-refractivity contribution is 0.0425. The van der Waals surface area contributed by atoms with Gasteiger partial charge in [0.15, 0.2) is 0 Å². The topological polar surface area (TPSA) is 47.3 Å². The van der Waals surface area contributed by atoms with Crippen molar-refractivity contribution in [3.05, 3.63) is 0 Å². The molecule has 0 heterocycles. The molecule has 0 saturated heterocycles. The molecule has 0 aromatic heterocycles. The van der Waals surface area contributed by atoms with Gasteiger partial charge < -0.3 is 15.8 Å². The highest BCUT2D eigenvalue weighted by atomic mass is 16.5. The Morgan fingerprint density at radius 1 is 1.40 bits per heavy atom. The Bertz CT molecular complexity index is 174. The van der Waals surface area contributed by atoms with Crippen LogP contribution in [0.25, 0.3) is 0 Å². The zero-order valence-corrected chi connectivity index (χ0v) is 10.4. The molecule has 1 aliphatic rings. The molecule has 0 bridgehead atoms. The minimum absolute atomic E-state index is 0.180. The molecule has 3 heteroatoms. The largest absolute Gasteiger partial charge is 0.381 e. The first kappa shape index (κ1) is 12.9. The van der Waals surface area contributed by atoms with Crippen molar-refractivity contribution in [2.75, 3.05) is 20.2 Å². The second-order valence-electron chi connectivity index (χ2n) is 5.19. The lowest BCUT2D eigenvalue weighted by Crippen LogP contribution is -2.55. The third-order valence-electron chi connectivity index (χ3n) is 3.50. The number of hydrogen-bond donors (Lipinski definition) is 2. The molecule has 15 heavy (non-hydrogen) atoms. The zero-order valence-electron chi connectivity index (χ0n) is 10.4. The predicted octanol–water partition coefficient (Wildman–Crippen LogP) is 1.52. The SMILES string of the molecule is COC1CCC(CN)(NCC(C)C)CC1. The number of rotatable bonds is 5. The third-order valence-corrected chi connectivity index (χ3v) is 3.50. The molecule has 3 N–H and O–H groups in total. The third kappa shape index (κ3) is 3.74. The summed E-state index contributed by atoms with van der Waals surface area (Å²) in [5.41, 5.74) is 6.09. The van der Waals surface area contributed by atoms with Gasteiger partial charge in [-0.05, 0) is 38.1 Å². The Morgan fingerprint density at radius 3 is 2.40 bits per heavy atom. The van der Waals surface area contributed by atoms with Crippen LogP contribution in [-0.2, 0) is 4.74 Å². The number of methoxy groups -OCH3 is 1. The van der Waals surface area contributed by atoms with Gasteiger partial charge in [0.05, 0.1) is 6.10 Å². The van der Waals surface area contributed by atoms with Crippen LogP contribution in [0.5, 0.6) is 0 Å². The van der Waals surface area contributed by atoms with Gasteiger partial charge in [0.25, 0.3) is 0 Å². The lowest BCUT2D eigenvalue weighted by atomic mass is 9.80. The molecule has 0 spiro atoms. The Labute approximate surface area is 93.8 Å². The second-order valence-corrected chi connectivity index (χ2v) is 5.19. The lowest BCUT2D eigenvalue weighted by Gasteiger charge is -2.40. The molecule has 3 nitrogen and oxygen atoms in total. The summed E-state index contributed by atoms with van der Waals surface area (Å²) in [5.74, 6) is 0.688. The van der Waals surface area contributed by atoms with E-state index in [4.69, 9.17) is 10.5 Å². The van der Waals surface area contributed by atoms with Crippen molar-refractivity contribution in [1.29, 1.82) is 0 Å². The van der Waals surface area contributed by atoms with Gasteiger partial charge in [-0.15, -0.1) is 0 Å². The van der Waals surface area contributed by atoms with Crippen LogP contribution in [0, 0.1) is 5.92 Å². The van der Waals surface area contributed by atoms with E-state index < -0.39 is 0 Å². The molecule has 0 aromatic rings. The van der Waals surface area contributed by atoms with E-state index in [2.05, 4.69) is 19.2 Å². The van der Waals surface area contributed by atoms with Crippen molar-refractivity contribution in [3.63, 3.8) is 0 Å². The summed E-state index contributed by atoms with van der Waals surface area (Å²) in [6.45, 7) is 6.28. The second kappa shape index (κ2) is 5.83. The Kier molecular flexibility index (Phi) is 5.03. The van der Waals surface area contributed by atoms with Gasteiger partial charge in [-0.2, -0.15) is 0 Å². The summed E-state index contributed by atoms with van der Waals surface area (Å²) in [4.78, 5) is 0. The van der Waals surface area contributed by atoms with Crippen LogP contribution in [0.3, 0.4) is 0 Å². The van der Waals surface area contributed by atoms with Crippen molar-refractivity contribution in [2.24, 2.45) is 11.7 Å². The fourth-order valence-electron chi connectivity index (χ4n) is 2.25. The average Bonchev–Trinajstić information content (AvgIpc) is 2.27. The van der Waals surface area contributed by atoms with Crippen LogP contribution in [0.4, 0.5) is 0 Å². The van der Waals surface area contributed by atoms with Crippen molar-refractivity contribution in [3.8, 4) is 0 Å². The molecule has 1 rings (SSSR count). The summed E-state index contributed by atoms with van der Waals surface area (Å²) in [6, 6.07) is 0. The highest BCUT2D eigenvalue weighted by Crippen LogP contribution is 2.29. The average molecular weight is 214 g/mol. The summed E-state index contributed by atoms with van der Waals surface area (Å²) in [5, 5.41) is 3.65. The molecule has 0 aliphatic heterocycles. The van der Waals surface area contributed by atoms with Gasteiger partial charge in [0.1, 0.15) is 0 Å². The standard InChI is InChI=1S/C12H26N2O/c1-10(2)8-14-12(9-13)6-4-11(15-3)5-7-12/h10-11,14H,4-9,13H2,1-3H3. The Balaban J connectivity index is 2.41. The Morgan fingerprint density at radius 2 is 2.00 bits per heavy atom. The van der Waals surface area contributed by atoms with Crippen LogP contribution < -0.4 is 11.1 Å². The van der Waals surface area contributed by atoms with Crippen molar-refractivity contribution in [2.45, 2.75) is 51.2 Å². The Hall–Kier alpha value is -0.120. The van der Waals surface area contributed by atoms with Crippen LogP contribution in [0.2, 0.25) is 0 Å². The number of ether oxygens (including phenoxy) is 1. The van der Waals surface area contributed by atoms with E-state index in [1.54, 1.807) is 0 Å². The first-order valence-corrected chi connectivity index (χ1v) is 6.10. The minimum Gasteiger partial charge on any atom is -0.381 e. The molecule has 1 saturated carbocycles. The molecule has 0 unspecified atom stereocenters. The highest BCUT2D eigenvalue weighted by molar-refractivity contribution is 4.94. The quantitative estimate of drug-likeness (QED) is 0.729. The maximum Gasteiger partial charge on any atom is 0.0572 e.